The van der Waals surface area contributed by atoms with Gasteiger partial charge in [0.15, 0.2) is 0 Å². The topological polar surface area (TPSA) is 161 Å². The Labute approximate surface area is 112 Å². The lowest BCUT2D eigenvalue weighted by Crippen LogP contribution is -2.38. The lowest BCUT2D eigenvalue weighted by atomic mass is 10.2. The molecular formula is C6H16INO7P2. The number of hydrogen-bond acceptors (Lipinski definition) is 4. The van der Waals surface area contributed by atoms with Gasteiger partial charge in [0.1, 0.15) is 0 Å². The zero-order chi connectivity index (χ0) is 13.9. The van der Waals surface area contributed by atoms with Crippen molar-refractivity contribution in [2.75, 3.05) is 6.54 Å². The molecule has 104 valence electrons. The Hall–Kier alpha value is 0.950. The van der Waals surface area contributed by atoms with Crippen molar-refractivity contribution in [1.82, 2.24) is 0 Å². The molecule has 0 amide bonds. The number of aliphatic hydroxyl groups is 1. The molecule has 0 saturated heterocycles. The third kappa shape index (κ3) is 4.22. The van der Waals surface area contributed by atoms with Gasteiger partial charge in [-0.3, -0.25) is 9.13 Å². The van der Waals surface area contributed by atoms with Crippen molar-refractivity contribution in [2.45, 2.75) is 28.3 Å². The smallest absolute Gasteiger partial charge is 0.367 e. The monoisotopic (exact) mass is 403 g/mol. The van der Waals surface area contributed by atoms with Gasteiger partial charge in [-0.1, -0.05) is 29.0 Å². The average molecular weight is 403 g/mol. The Morgan fingerprint density at radius 1 is 1.12 bits per heavy atom. The van der Waals surface area contributed by atoms with E-state index < -0.39 is 24.2 Å². The molecule has 7 N–H and O–H groups in total. The number of rotatable bonds is 7. The van der Waals surface area contributed by atoms with Crippen LogP contribution < -0.4 is 5.73 Å². The van der Waals surface area contributed by atoms with E-state index in [1.54, 1.807) is 0 Å². The second-order valence-electron chi connectivity index (χ2n) is 3.53. The molecule has 8 nitrogen and oxygen atoms in total. The molecule has 0 saturated carbocycles. The van der Waals surface area contributed by atoms with Crippen LogP contribution in [0.3, 0.4) is 0 Å². The molecule has 0 heterocycles. The highest BCUT2D eigenvalue weighted by molar-refractivity contribution is 14.1. The van der Waals surface area contributed by atoms with Gasteiger partial charge in [0.05, 0.1) is 3.92 Å². The van der Waals surface area contributed by atoms with Gasteiger partial charge in [0, 0.05) is 0 Å². The first-order chi connectivity index (χ1) is 7.48. The quantitative estimate of drug-likeness (QED) is 0.149. The number of halogens is 1. The molecule has 0 aliphatic rings. The van der Waals surface area contributed by atoms with Gasteiger partial charge in [-0.05, 0) is 19.4 Å². The van der Waals surface area contributed by atoms with Crippen LogP contribution in [0.1, 0.15) is 19.3 Å². The molecule has 1 unspecified atom stereocenters. The molecule has 0 aliphatic carbocycles. The van der Waals surface area contributed by atoms with E-state index in [-0.39, 0.29) is 6.42 Å². The molecule has 0 spiro atoms. The number of nitrogens with two attached hydrogens (primary N) is 1. The first kappa shape index (κ1) is 17.9. The fourth-order valence-corrected chi connectivity index (χ4v) is 6.16. The highest BCUT2D eigenvalue weighted by atomic mass is 127. The van der Waals surface area contributed by atoms with Crippen molar-refractivity contribution in [3.05, 3.63) is 0 Å². The lowest BCUT2D eigenvalue weighted by Gasteiger charge is -2.33. The number of alkyl halides is 1. The second-order valence-corrected chi connectivity index (χ2v) is 8.92. The van der Waals surface area contributed by atoms with Gasteiger partial charge in [0.2, 0.25) is 0 Å². The molecule has 0 aromatic rings. The van der Waals surface area contributed by atoms with Crippen LogP contribution in [0.25, 0.3) is 0 Å². The van der Waals surface area contributed by atoms with Crippen LogP contribution in [0, 0.1) is 0 Å². The van der Waals surface area contributed by atoms with Crippen LogP contribution in [0.4, 0.5) is 0 Å². The zero-order valence-corrected chi connectivity index (χ0v) is 12.8. The maximum atomic E-state index is 11.1. The molecule has 0 radical (unpaired) electrons. The van der Waals surface area contributed by atoms with Crippen LogP contribution in [0.5, 0.6) is 0 Å². The van der Waals surface area contributed by atoms with Gasteiger partial charge in [-0.25, -0.2) is 0 Å². The van der Waals surface area contributed by atoms with E-state index in [0.717, 1.165) is 0 Å². The predicted molar refractivity (Wildman–Crippen MR) is 69.8 cm³/mol. The molecule has 17 heavy (non-hydrogen) atoms. The largest absolute Gasteiger partial charge is 0.370 e. The Balaban J connectivity index is 5.09. The van der Waals surface area contributed by atoms with Crippen LogP contribution >= 0.6 is 37.8 Å². The predicted octanol–water partition coefficient (Wildman–Crippen LogP) is -0.0795. The molecular weight excluding hydrogens is 387 g/mol. The van der Waals surface area contributed by atoms with Gasteiger partial charge < -0.3 is 30.4 Å². The summed E-state index contributed by atoms with van der Waals surface area (Å²) in [5.74, 6) is 0. The summed E-state index contributed by atoms with van der Waals surface area (Å²) in [6, 6.07) is 0. The number of hydrogen-bond donors (Lipinski definition) is 6. The van der Waals surface area contributed by atoms with E-state index in [1.165, 1.54) is 22.6 Å². The van der Waals surface area contributed by atoms with Crippen LogP contribution in [0.2, 0.25) is 0 Å². The van der Waals surface area contributed by atoms with Crippen molar-refractivity contribution in [2.24, 2.45) is 5.73 Å². The average Bonchev–Trinajstić information content (AvgIpc) is 2.13. The van der Waals surface area contributed by atoms with Crippen molar-refractivity contribution < 1.29 is 33.8 Å². The summed E-state index contributed by atoms with van der Waals surface area (Å²) in [6.45, 7) is 0.355. The minimum atomic E-state index is -5.36. The Bertz CT molecular complexity index is 317. The zero-order valence-electron chi connectivity index (χ0n) is 8.81. The summed E-state index contributed by atoms with van der Waals surface area (Å²) in [7, 11) is -10.7. The summed E-state index contributed by atoms with van der Waals surface area (Å²) in [4.78, 5) is 35.8. The van der Waals surface area contributed by atoms with Gasteiger partial charge >= 0.3 is 15.2 Å². The van der Waals surface area contributed by atoms with E-state index in [1.807, 2.05) is 0 Å². The normalized spacial score (nSPS) is 15.9. The Morgan fingerprint density at radius 3 is 1.82 bits per heavy atom. The third-order valence-electron chi connectivity index (χ3n) is 2.19. The summed E-state index contributed by atoms with van der Waals surface area (Å²) in [5.41, 5.74) is 5.22. The molecule has 0 bridgehead atoms. The molecule has 0 aliphatic heterocycles. The van der Waals surface area contributed by atoms with Crippen LogP contribution in [-0.4, -0.2) is 40.2 Å². The summed E-state index contributed by atoms with van der Waals surface area (Å²) >= 11 is 1.44. The molecule has 0 rings (SSSR count). The first-order valence-corrected chi connectivity index (χ1v) is 9.13. The fraction of sp³-hybridized carbons (Fsp3) is 1.00. The first-order valence-electron chi connectivity index (χ1n) is 4.66. The molecule has 0 aromatic carbocycles. The Morgan fingerprint density at radius 2 is 1.53 bits per heavy atom. The van der Waals surface area contributed by atoms with E-state index in [0.29, 0.717) is 19.4 Å². The Kier molecular flexibility index (Phi) is 6.76. The van der Waals surface area contributed by atoms with E-state index in [9.17, 15) is 14.2 Å². The van der Waals surface area contributed by atoms with Crippen LogP contribution in [-0.2, 0) is 9.13 Å². The highest BCUT2D eigenvalue weighted by Gasteiger charge is 2.63. The van der Waals surface area contributed by atoms with Crippen LogP contribution in [0.15, 0.2) is 0 Å². The van der Waals surface area contributed by atoms with Crippen molar-refractivity contribution >= 4 is 37.8 Å². The van der Waals surface area contributed by atoms with Gasteiger partial charge in [-0.2, -0.15) is 0 Å². The standard InChI is InChI=1S/C6H16INO7P2/c7-5(3-1-2-4-8)6(9,16(10,11)12)17(13,14)15/h5,9H,1-4,8H2,(H2,10,11,12)(H2,13,14,15). The minimum Gasteiger partial charge on any atom is -0.367 e. The molecule has 1 atom stereocenters. The summed E-state index contributed by atoms with van der Waals surface area (Å²) in [5, 5.41) is 6.35. The fourth-order valence-electron chi connectivity index (χ4n) is 1.20. The van der Waals surface area contributed by atoms with E-state index >= 15 is 0 Å². The van der Waals surface area contributed by atoms with Crippen molar-refractivity contribution in [3.8, 4) is 0 Å². The van der Waals surface area contributed by atoms with Crippen molar-refractivity contribution in [3.63, 3.8) is 0 Å². The molecule has 0 fully saturated rings. The SMILES string of the molecule is NCCCCC(I)C(O)(P(=O)(O)O)P(=O)(O)O. The number of unbranched alkanes of at least 4 members (excludes halogenated alkanes) is 1. The van der Waals surface area contributed by atoms with E-state index in [4.69, 9.17) is 25.3 Å². The molecule has 0 aromatic heterocycles. The van der Waals surface area contributed by atoms with E-state index in [2.05, 4.69) is 0 Å². The lowest BCUT2D eigenvalue weighted by molar-refractivity contribution is 0.129. The second kappa shape index (κ2) is 6.40. The maximum Gasteiger partial charge on any atom is 0.370 e. The minimum absolute atomic E-state index is 0.0461. The molecule has 11 heteroatoms. The maximum absolute atomic E-state index is 11.1. The highest BCUT2D eigenvalue weighted by Crippen LogP contribution is 2.70. The summed E-state index contributed by atoms with van der Waals surface area (Å²) < 4.78 is 20.9. The third-order valence-corrected chi connectivity index (χ3v) is 8.60. The summed E-state index contributed by atoms with van der Waals surface area (Å²) in [6.07, 6.45) is 0.995. The van der Waals surface area contributed by atoms with Gasteiger partial charge in [0.25, 0.3) is 5.08 Å². The van der Waals surface area contributed by atoms with Crippen molar-refractivity contribution in [1.29, 1.82) is 0 Å². The van der Waals surface area contributed by atoms with Gasteiger partial charge in [-0.15, -0.1) is 0 Å².